The quantitative estimate of drug-likeness (QED) is 0.179. The topological polar surface area (TPSA) is 29.5 Å². The Morgan fingerprint density at radius 3 is 1.59 bits per heavy atom. The molecule has 0 unspecified atom stereocenters. The van der Waals surface area contributed by atoms with Crippen LogP contribution in [0.5, 0.6) is 0 Å². The molecule has 2 aromatic heterocycles. The molecule has 0 saturated carbocycles. The second kappa shape index (κ2) is 11.9. The number of para-hydroxylation sites is 3. The molecule has 10 aromatic rings. The maximum Gasteiger partial charge on any atom is 0.137 e. The van der Waals surface area contributed by atoms with Crippen molar-refractivity contribution >= 4 is 60.9 Å². The SMILES string of the molecule is c1ccc(-c2ccc(-c3ccc(N(c4ccccc4-c4ccc5c(c4)oc4ccccc45)c4cccc5oc6ccccc6c45)cc3)cc2)cc1. The molecular formula is C48H31NO2. The fourth-order valence-electron chi connectivity index (χ4n) is 7.45. The van der Waals surface area contributed by atoms with Crippen molar-refractivity contribution in [1.82, 2.24) is 0 Å². The highest BCUT2D eigenvalue weighted by molar-refractivity contribution is 6.14. The highest BCUT2D eigenvalue weighted by atomic mass is 16.3. The van der Waals surface area contributed by atoms with Crippen LogP contribution in [-0.2, 0) is 0 Å². The number of hydrogen-bond donors (Lipinski definition) is 0. The summed E-state index contributed by atoms with van der Waals surface area (Å²) in [6.07, 6.45) is 0. The fourth-order valence-corrected chi connectivity index (χ4v) is 7.45. The molecule has 10 rings (SSSR count). The number of rotatable bonds is 6. The van der Waals surface area contributed by atoms with Gasteiger partial charge in [-0.3, -0.25) is 0 Å². The van der Waals surface area contributed by atoms with E-state index in [1.54, 1.807) is 0 Å². The van der Waals surface area contributed by atoms with E-state index in [0.29, 0.717) is 0 Å². The Morgan fingerprint density at radius 1 is 0.314 bits per heavy atom. The second-order valence-electron chi connectivity index (χ2n) is 12.9. The Bertz CT molecular complexity index is 2840. The first kappa shape index (κ1) is 29.1. The lowest BCUT2D eigenvalue weighted by atomic mass is 9.98. The molecule has 0 aliphatic heterocycles. The summed E-state index contributed by atoms with van der Waals surface area (Å²) >= 11 is 0. The molecule has 240 valence electrons. The average Bonchev–Trinajstić information content (AvgIpc) is 3.77. The minimum atomic E-state index is 0.856. The van der Waals surface area contributed by atoms with Gasteiger partial charge in [0.25, 0.3) is 0 Å². The molecule has 0 radical (unpaired) electrons. The molecule has 0 aliphatic rings. The molecule has 8 aromatic carbocycles. The van der Waals surface area contributed by atoms with Crippen LogP contribution in [0, 0.1) is 0 Å². The van der Waals surface area contributed by atoms with Crippen molar-refractivity contribution in [2.75, 3.05) is 4.90 Å². The fraction of sp³-hybridized carbons (Fsp3) is 0. The van der Waals surface area contributed by atoms with Gasteiger partial charge in [-0.1, -0.05) is 133 Å². The van der Waals surface area contributed by atoms with Crippen molar-refractivity contribution in [3.05, 3.63) is 188 Å². The van der Waals surface area contributed by atoms with E-state index in [1.807, 2.05) is 24.3 Å². The highest BCUT2D eigenvalue weighted by Crippen LogP contribution is 2.46. The Labute approximate surface area is 295 Å². The van der Waals surface area contributed by atoms with Gasteiger partial charge in [0.15, 0.2) is 0 Å². The molecule has 0 N–H and O–H groups in total. The Balaban J connectivity index is 1.13. The van der Waals surface area contributed by atoms with E-state index in [1.165, 1.54) is 16.7 Å². The molecule has 2 heterocycles. The van der Waals surface area contributed by atoms with E-state index in [-0.39, 0.29) is 0 Å². The maximum absolute atomic E-state index is 6.39. The van der Waals surface area contributed by atoms with Gasteiger partial charge in [-0.05, 0) is 82.4 Å². The maximum atomic E-state index is 6.39. The zero-order valence-electron chi connectivity index (χ0n) is 27.7. The molecule has 0 fully saturated rings. The minimum absolute atomic E-state index is 0.856. The summed E-state index contributed by atoms with van der Waals surface area (Å²) in [5, 5.41) is 4.41. The second-order valence-corrected chi connectivity index (χ2v) is 12.9. The number of nitrogens with zero attached hydrogens (tertiary/aromatic N) is 1. The van der Waals surface area contributed by atoms with E-state index in [2.05, 4.69) is 169 Å². The van der Waals surface area contributed by atoms with Crippen molar-refractivity contribution in [2.45, 2.75) is 0 Å². The molecule has 3 heteroatoms. The molecule has 0 spiro atoms. The molecule has 0 bridgehead atoms. The van der Waals surface area contributed by atoms with E-state index < -0.39 is 0 Å². The molecule has 51 heavy (non-hydrogen) atoms. The Hall–Kier alpha value is -6.84. The average molecular weight is 654 g/mol. The summed E-state index contributed by atoms with van der Waals surface area (Å²) in [4.78, 5) is 2.37. The normalized spacial score (nSPS) is 11.5. The third kappa shape index (κ3) is 4.98. The van der Waals surface area contributed by atoms with E-state index in [4.69, 9.17) is 8.83 Å². The molecular weight excluding hydrogens is 623 g/mol. The van der Waals surface area contributed by atoms with Gasteiger partial charge in [0.05, 0.1) is 16.8 Å². The van der Waals surface area contributed by atoms with Gasteiger partial charge in [-0.25, -0.2) is 0 Å². The van der Waals surface area contributed by atoms with Crippen molar-refractivity contribution in [3.8, 4) is 33.4 Å². The lowest BCUT2D eigenvalue weighted by Gasteiger charge is -2.28. The van der Waals surface area contributed by atoms with Crippen LogP contribution in [0.2, 0.25) is 0 Å². The summed E-state index contributed by atoms with van der Waals surface area (Å²) in [5.41, 5.74) is 13.6. The zero-order valence-corrected chi connectivity index (χ0v) is 27.7. The van der Waals surface area contributed by atoms with Crippen molar-refractivity contribution in [1.29, 1.82) is 0 Å². The third-order valence-electron chi connectivity index (χ3n) is 9.91. The number of hydrogen-bond acceptors (Lipinski definition) is 3. The van der Waals surface area contributed by atoms with Crippen LogP contribution < -0.4 is 4.90 Å². The molecule has 0 saturated heterocycles. The third-order valence-corrected chi connectivity index (χ3v) is 9.91. The van der Waals surface area contributed by atoms with E-state index >= 15 is 0 Å². The number of fused-ring (bicyclic) bond motifs is 6. The van der Waals surface area contributed by atoms with Gasteiger partial charge in [0.1, 0.15) is 22.3 Å². The van der Waals surface area contributed by atoms with Crippen LogP contribution in [0.15, 0.2) is 197 Å². The summed E-state index contributed by atoms with van der Waals surface area (Å²) in [6, 6.07) is 66.2. The van der Waals surface area contributed by atoms with Gasteiger partial charge in [0, 0.05) is 27.4 Å². The van der Waals surface area contributed by atoms with E-state index in [0.717, 1.165) is 77.6 Å². The van der Waals surface area contributed by atoms with Gasteiger partial charge in [-0.2, -0.15) is 0 Å². The van der Waals surface area contributed by atoms with Crippen LogP contribution in [0.4, 0.5) is 17.1 Å². The van der Waals surface area contributed by atoms with Crippen LogP contribution in [0.1, 0.15) is 0 Å². The lowest BCUT2D eigenvalue weighted by molar-refractivity contribution is 0.668. The molecule has 0 aliphatic carbocycles. The van der Waals surface area contributed by atoms with E-state index in [9.17, 15) is 0 Å². The van der Waals surface area contributed by atoms with Gasteiger partial charge in [-0.15, -0.1) is 0 Å². The predicted octanol–water partition coefficient (Wildman–Crippen LogP) is 14.0. The Morgan fingerprint density at radius 2 is 0.824 bits per heavy atom. The molecule has 3 nitrogen and oxygen atoms in total. The van der Waals surface area contributed by atoms with Crippen molar-refractivity contribution in [3.63, 3.8) is 0 Å². The molecule has 0 atom stereocenters. The highest BCUT2D eigenvalue weighted by Gasteiger charge is 2.22. The first-order valence-corrected chi connectivity index (χ1v) is 17.3. The van der Waals surface area contributed by atoms with Gasteiger partial charge >= 0.3 is 0 Å². The van der Waals surface area contributed by atoms with Crippen LogP contribution >= 0.6 is 0 Å². The summed E-state index contributed by atoms with van der Waals surface area (Å²) in [7, 11) is 0. The zero-order chi connectivity index (χ0) is 33.7. The number of anilines is 3. The van der Waals surface area contributed by atoms with Crippen molar-refractivity contribution < 1.29 is 8.83 Å². The summed E-state index contributed by atoms with van der Waals surface area (Å²) in [6.45, 7) is 0. The van der Waals surface area contributed by atoms with Gasteiger partial charge < -0.3 is 13.7 Å². The van der Waals surface area contributed by atoms with Crippen LogP contribution in [0.3, 0.4) is 0 Å². The summed E-state index contributed by atoms with van der Waals surface area (Å²) in [5.74, 6) is 0. The largest absolute Gasteiger partial charge is 0.456 e. The minimum Gasteiger partial charge on any atom is -0.456 e. The van der Waals surface area contributed by atoms with Crippen LogP contribution in [0.25, 0.3) is 77.3 Å². The number of benzene rings is 8. The van der Waals surface area contributed by atoms with Gasteiger partial charge in [0.2, 0.25) is 0 Å². The first-order chi connectivity index (χ1) is 25.3. The smallest absolute Gasteiger partial charge is 0.137 e. The first-order valence-electron chi connectivity index (χ1n) is 17.3. The van der Waals surface area contributed by atoms with Crippen LogP contribution in [-0.4, -0.2) is 0 Å². The predicted molar refractivity (Wildman–Crippen MR) is 212 cm³/mol. The Kier molecular flexibility index (Phi) is 6.81. The monoisotopic (exact) mass is 653 g/mol. The summed E-state index contributed by atoms with van der Waals surface area (Å²) < 4.78 is 12.7. The standard InChI is InChI=1S/C48H31NO2/c1-2-11-32(12-3-1)33-21-23-34(24-22-33)35-25-28-37(29-26-35)49(43-17-10-20-46-48(43)41-15-6-9-19-45(41)50-46)42-16-7-4-13-38(42)36-27-30-40-39-14-5-8-18-44(39)51-47(40)31-36/h1-31H. The molecule has 0 amide bonds. The van der Waals surface area contributed by atoms with Crippen molar-refractivity contribution in [2.24, 2.45) is 0 Å². The number of furan rings is 2. The lowest BCUT2D eigenvalue weighted by Crippen LogP contribution is -2.11.